The lowest BCUT2D eigenvalue weighted by atomic mass is 9.79. The lowest BCUT2D eigenvalue weighted by molar-refractivity contribution is -0.131. The van der Waals surface area contributed by atoms with E-state index >= 15 is 0 Å². The van der Waals surface area contributed by atoms with Gasteiger partial charge in [-0.2, -0.15) is 0 Å². The summed E-state index contributed by atoms with van der Waals surface area (Å²) in [7, 11) is -2.07. The first-order chi connectivity index (χ1) is 17.7. The Labute approximate surface area is 224 Å². The predicted molar refractivity (Wildman–Crippen MR) is 149 cm³/mol. The molecule has 0 fully saturated rings. The summed E-state index contributed by atoms with van der Waals surface area (Å²) in [5, 5.41) is 8.94. The zero-order chi connectivity index (χ0) is 27.1. The molecule has 0 spiro atoms. The number of benzene rings is 2. The average Bonchev–Trinajstić information content (AvgIpc) is 2.97. The minimum Gasteiger partial charge on any atom is -0.497 e. The zero-order valence-corrected chi connectivity index (χ0v) is 23.7. The molecule has 2 aromatic rings. The van der Waals surface area contributed by atoms with Crippen molar-refractivity contribution in [1.82, 2.24) is 0 Å². The van der Waals surface area contributed by atoms with Crippen molar-refractivity contribution in [3.05, 3.63) is 48.7 Å². The normalized spacial score (nSPS) is 16.3. The number of nitrogens with zero attached hydrogens (tertiary/aromatic N) is 1. The van der Waals surface area contributed by atoms with Crippen molar-refractivity contribution < 1.29 is 27.8 Å². The summed E-state index contributed by atoms with van der Waals surface area (Å²) in [5.74, 6) is -0.0386. The number of carboxylic acids is 1. The van der Waals surface area contributed by atoms with Crippen LogP contribution in [0.5, 0.6) is 11.5 Å². The standard InChI is InChI=1S/C28H37NO6S2/c1-5-7-14-28(15-8-6-2)19-29(21-9-11-22(34-3)12-10-21)23-17-25(36-4)24(35-16-13-27(30)31)18-26(23)37(32,33)20-28/h9-13,16-18H,5-8,14-15,19-20H2,1-4H3,(H,30,31)/b16-13-. The second kappa shape index (κ2) is 12.7. The van der Waals surface area contributed by atoms with Crippen molar-refractivity contribution in [2.45, 2.75) is 62.2 Å². The summed E-state index contributed by atoms with van der Waals surface area (Å²) in [4.78, 5) is 14.0. The molecule has 202 valence electrons. The van der Waals surface area contributed by atoms with Gasteiger partial charge < -0.3 is 19.5 Å². The molecule has 37 heavy (non-hydrogen) atoms. The monoisotopic (exact) mass is 547 g/mol. The second-order valence-corrected chi connectivity index (χ2v) is 12.3. The number of fused-ring (bicyclic) bond motifs is 1. The van der Waals surface area contributed by atoms with Crippen LogP contribution in [-0.4, -0.2) is 45.2 Å². The number of carboxylic acid groups (broad SMARTS) is 1. The number of aliphatic carboxylic acids is 1. The van der Waals surface area contributed by atoms with Gasteiger partial charge in [0.2, 0.25) is 0 Å². The average molecular weight is 548 g/mol. The summed E-state index contributed by atoms with van der Waals surface area (Å²) in [6, 6.07) is 11.1. The molecule has 0 saturated heterocycles. The Bertz CT molecular complexity index is 1200. The Morgan fingerprint density at radius 2 is 1.78 bits per heavy atom. The van der Waals surface area contributed by atoms with Gasteiger partial charge in [-0.05, 0) is 49.4 Å². The Morgan fingerprint density at radius 3 is 2.32 bits per heavy atom. The topological polar surface area (TPSA) is 93.1 Å². The number of rotatable bonds is 12. The third-order valence-electron chi connectivity index (χ3n) is 6.77. The maximum Gasteiger partial charge on any atom is 0.331 e. The largest absolute Gasteiger partial charge is 0.497 e. The maximum absolute atomic E-state index is 14.0. The summed E-state index contributed by atoms with van der Waals surface area (Å²) in [5.41, 5.74) is 1.09. The van der Waals surface area contributed by atoms with E-state index in [-0.39, 0.29) is 10.6 Å². The van der Waals surface area contributed by atoms with Crippen LogP contribution in [0.2, 0.25) is 0 Å². The summed E-state index contributed by atoms with van der Waals surface area (Å²) in [6.45, 7) is 4.85. The number of anilines is 2. The van der Waals surface area contributed by atoms with Crippen LogP contribution in [0.15, 0.2) is 58.5 Å². The Hall–Kier alpha value is -2.65. The molecule has 2 aromatic carbocycles. The number of hydrogen-bond acceptors (Lipinski definition) is 7. The van der Waals surface area contributed by atoms with Crippen LogP contribution in [0.4, 0.5) is 11.4 Å². The van der Waals surface area contributed by atoms with Gasteiger partial charge in [-0.1, -0.05) is 39.5 Å². The number of hydrogen-bond donors (Lipinski definition) is 1. The van der Waals surface area contributed by atoms with Crippen LogP contribution < -0.4 is 14.4 Å². The van der Waals surface area contributed by atoms with Gasteiger partial charge in [-0.25, -0.2) is 13.2 Å². The molecule has 0 radical (unpaired) electrons. The highest BCUT2D eigenvalue weighted by molar-refractivity contribution is 7.98. The van der Waals surface area contributed by atoms with E-state index in [4.69, 9.17) is 14.6 Å². The minimum atomic E-state index is -3.69. The van der Waals surface area contributed by atoms with Crippen LogP contribution in [-0.2, 0) is 14.6 Å². The molecule has 0 saturated carbocycles. The van der Waals surface area contributed by atoms with E-state index < -0.39 is 21.2 Å². The fraction of sp³-hybridized carbons (Fsp3) is 0.464. The van der Waals surface area contributed by atoms with E-state index in [1.807, 2.05) is 36.6 Å². The summed E-state index contributed by atoms with van der Waals surface area (Å²) in [6.07, 6.45) is 9.38. The molecule has 7 nitrogen and oxygen atoms in total. The first kappa shape index (κ1) is 28.9. The van der Waals surface area contributed by atoms with Crippen LogP contribution in [0.25, 0.3) is 0 Å². The first-order valence-corrected chi connectivity index (χ1v) is 15.5. The van der Waals surface area contributed by atoms with E-state index in [1.54, 1.807) is 13.2 Å². The van der Waals surface area contributed by atoms with E-state index in [0.717, 1.165) is 67.2 Å². The minimum absolute atomic E-state index is 0.0582. The third kappa shape index (κ3) is 7.02. The molecule has 1 aliphatic rings. The van der Waals surface area contributed by atoms with E-state index in [1.165, 1.54) is 11.8 Å². The fourth-order valence-corrected chi connectivity index (χ4v) is 7.53. The van der Waals surface area contributed by atoms with Gasteiger partial charge >= 0.3 is 5.97 Å². The molecule has 0 unspecified atom stereocenters. The maximum atomic E-state index is 14.0. The summed E-state index contributed by atoms with van der Waals surface area (Å²) >= 11 is 1.42. The van der Waals surface area contributed by atoms with Gasteiger partial charge in [0.05, 0.1) is 40.7 Å². The van der Waals surface area contributed by atoms with Gasteiger partial charge in [0.25, 0.3) is 0 Å². The highest BCUT2D eigenvalue weighted by Gasteiger charge is 2.42. The number of unbranched alkanes of at least 4 members (excludes halogenated alkanes) is 2. The van der Waals surface area contributed by atoms with Crippen LogP contribution in [0, 0.1) is 5.41 Å². The van der Waals surface area contributed by atoms with Gasteiger partial charge in [-0.15, -0.1) is 11.8 Å². The number of ether oxygens (including phenoxy) is 2. The highest BCUT2D eigenvalue weighted by Crippen LogP contribution is 2.48. The Morgan fingerprint density at radius 1 is 1.14 bits per heavy atom. The smallest absolute Gasteiger partial charge is 0.331 e. The highest BCUT2D eigenvalue weighted by atomic mass is 32.2. The predicted octanol–water partition coefficient (Wildman–Crippen LogP) is 6.69. The Balaban J connectivity index is 2.24. The SMILES string of the molecule is CCCCC1(CCCC)CN(c2ccc(OC)cc2)c2cc(SC)c(O/C=C\C(=O)O)cc2S(=O)(=O)C1. The van der Waals surface area contributed by atoms with E-state index in [0.29, 0.717) is 18.0 Å². The van der Waals surface area contributed by atoms with Gasteiger partial charge in [-0.3, -0.25) is 0 Å². The lowest BCUT2D eigenvalue weighted by Gasteiger charge is -2.37. The number of thioether (sulfide) groups is 1. The first-order valence-electron chi connectivity index (χ1n) is 12.6. The molecule has 9 heteroatoms. The molecule has 1 aliphatic heterocycles. The van der Waals surface area contributed by atoms with Crippen molar-refractivity contribution in [1.29, 1.82) is 0 Å². The molecule has 0 aromatic heterocycles. The molecular weight excluding hydrogens is 510 g/mol. The third-order valence-corrected chi connectivity index (χ3v) is 9.52. The molecule has 0 bridgehead atoms. The second-order valence-electron chi connectivity index (χ2n) is 9.48. The van der Waals surface area contributed by atoms with E-state index in [9.17, 15) is 13.2 Å². The molecular formula is C28H37NO6S2. The van der Waals surface area contributed by atoms with Crippen molar-refractivity contribution in [3.63, 3.8) is 0 Å². The Kier molecular flexibility index (Phi) is 9.95. The number of sulfone groups is 1. The molecule has 0 aliphatic carbocycles. The number of methoxy groups -OCH3 is 1. The van der Waals surface area contributed by atoms with Gasteiger partial charge in [0.15, 0.2) is 9.84 Å². The van der Waals surface area contributed by atoms with Gasteiger partial charge in [0.1, 0.15) is 11.5 Å². The fourth-order valence-electron chi connectivity index (χ4n) is 4.88. The zero-order valence-electron chi connectivity index (χ0n) is 22.0. The molecule has 3 rings (SSSR count). The van der Waals surface area contributed by atoms with Crippen molar-refractivity contribution in [2.75, 3.05) is 30.6 Å². The van der Waals surface area contributed by atoms with E-state index in [2.05, 4.69) is 18.7 Å². The van der Waals surface area contributed by atoms with Crippen LogP contribution in [0.1, 0.15) is 52.4 Å². The van der Waals surface area contributed by atoms with Crippen LogP contribution >= 0.6 is 11.8 Å². The molecule has 1 N–H and O–H groups in total. The lowest BCUT2D eigenvalue weighted by Crippen LogP contribution is -2.38. The molecule has 0 atom stereocenters. The van der Waals surface area contributed by atoms with Crippen molar-refractivity contribution in [2.24, 2.45) is 5.41 Å². The summed E-state index contributed by atoms with van der Waals surface area (Å²) < 4.78 is 39.0. The molecule has 1 heterocycles. The van der Waals surface area contributed by atoms with Gasteiger partial charge in [0, 0.05) is 23.7 Å². The molecule has 0 amide bonds. The van der Waals surface area contributed by atoms with Crippen LogP contribution in [0.3, 0.4) is 0 Å². The number of carbonyl (C=O) groups is 1. The quantitative estimate of drug-likeness (QED) is 0.179. The van der Waals surface area contributed by atoms with Crippen molar-refractivity contribution >= 4 is 38.9 Å². The van der Waals surface area contributed by atoms with Crippen molar-refractivity contribution in [3.8, 4) is 11.5 Å².